The Morgan fingerprint density at radius 1 is 1.07 bits per heavy atom. The number of pyridine rings is 1. The Morgan fingerprint density at radius 3 is 2.46 bits per heavy atom. The molecule has 0 aliphatic rings. The summed E-state index contributed by atoms with van der Waals surface area (Å²) < 4.78 is 43.0. The second kappa shape index (κ2) is 7.18. The van der Waals surface area contributed by atoms with Crippen LogP contribution in [0.25, 0.3) is 10.9 Å². The fraction of sp³-hybridized carbons (Fsp3) is 0.105. The Bertz CT molecular complexity index is 1140. The second-order valence-electron chi connectivity index (χ2n) is 5.78. The highest BCUT2D eigenvalue weighted by molar-refractivity contribution is 6.08. The molecule has 0 bridgehead atoms. The molecule has 0 saturated carbocycles. The van der Waals surface area contributed by atoms with Gasteiger partial charge in [0.25, 0.3) is 5.91 Å². The lowest BCUT2D eigenvalue weighted by Crippen LogP contribution is -2.23. The topological polar surface area (TPSA) is 88.3 Å². The molecule has 0 atom stereocenters. The number of aromatic nitrogens is 1. The van der Waals surface area contributed by atoms with Crippen LogP contribution in [0.5, 0.6) is 0 Å². The summed E-state index contributed by atoms with van der Waals surface area (Å²) in [6.45, 7) is 0. The SMILES string of the molecule is COC(=O)c1ccccc1NC(=O)c1c[nH]c2cc(C(F)(F)F)ccc2c1=O. The Morgan fingerprint density at radius 2 is 1.79 bits per heavy atom. The predicted molar refractivity (Wildman–Crippen MR) is 95.3 cm³/mol. The standard InChI is InChI=1S/C19H13F3N2O4/c1-28-18(27)12-4-2-3-5-14(12)24-17(26)13-9-23-15-8-10(19(20,21)22)6-7-11(15)16(13)25/h2-9H,1H3,(H,23,25)(H,24,26). The highest BCUT2D eigenvalue weighted by Crippen LogP contribution is 2.30. The first kappa shape index (κ1) is 19.2. The van der Waals surface area contributed by atoms with Crippen LogP contribution in [0.3, 0.4) is 0 Å². The molecule has 3 rings (SSSR count). The number of hydrogen-bond donors (Lipinski definition) is 2. The van der Waals surface area contributed by atoms with E-state index in [0.29, 0.717) is 0 Å². The number of para-hydroxylation sites is 1. The first-order chi connectivity index (χ1) is 13.2. The molecule has 0 fully saturated rings. The summed E-state index contributed by atoms with van der Waals surface area (Å²) in [6, 6.07) is 8.61. The van der Waals surface area contributed by atoms with Crippen molar-refractivity contribution in [2.24, 2.45) is 0 Å². The molecule has 1 heterocycles. The molecule has 0 aliphatic carbocycles. The fourth-order valence-electron chi connectivity index (χ4n) is 2.64. The van der Waals surface area contributed by atoms with Gasteiger partial charge in [0, 0.05) is 17.1 Å². The zero-order chi connectivity index (χ0) is 20.5. The van der Waals surface area contributed by atoms with Crippen LogP contribution >= 0.6 is 0 Å². The zero-order valence-corrected chi connectivity index (χ0v) is 14.4. The molecule has 0 radical (unpaired) electrons. The third-order valence-electron chi connectivity index (χ3n) is 4.03. The van der Waals surface area contributed by atoms with Crippen LogP contribution in [0, 0.1) is 0 Å². The molecule has 1 amide bonds. The van der Waals surface area contributed by atoms with Crippen molar-refractivity contribution in [1.29, 1.82) is 0 Å². The van der Waals surface area contributed by atoms with E-state index < -0.39 is 29.0 Å². The van der Waals surface area contributed by atoms with E-state index in [1.807, 2.05) is 0 Å². The Hall–Kier alpha value is -3.62. The van der Waals surface area contributed by atoms with Crippen molar-refractivity contribution in [1.82, 2.24) is 4.98 Å². The minimum atomic E-state index is -4.56. The maximum Gasteiger partial charge on any atom is 0.416 e. The maximum atomic E-state index is 12.8. The van der Waals surface area contributed by atoms with Gasteiger partial charge < -0.3 is 15.0 Å². The van der Waals surface area contributed by atoms with Gasteiger partial charge in [0.05, 0.1) is 23.9 Å². The van der Waals surface area contributed by atoms with Gasteiger partial charge in [-0.05, 0) is 30.3 Å². The van der Waals surface area contributed by atoms with Crippen LogP contribution in [0.2, 0.25) is 0 Å². The number of halogens is 3. The molecule has 9 heteroatoms. The number of esters is 1. The molecule has 6 nitrogen and oxygen atoms in total. The van der Waals surface area contributed by atoms with Gasteiger partial charge in [0.1, 0.15) is 5.56 Å². The Balaban J connectivity index is 1.99. The number of ether oxygens (including phenoxy) is 1. The first-order valence-corrected chi connectivity index (χ1v) is 7.93. The van der Waals surface area contributed by atoms with Crippen LogP contribution < -0.4 is 10.7 Å². The Labute approximate surface area is 155 Å². The fourth-order valence-corrected chi connectivity index (χ4v) is 2.64. The summed E-state index contributed by atoms with van der Waals surface area (Å²) in [5.74, 6) is -1.50. The predicted octanol–water partition coefficient (Wildman–Crippen LogP) is 3.59. The molecule has 0 unspecified atom stereocenters. The van der Waals surface area contributed by atoms with Gasteiger partial charge in [-0.15, -0.1) is 0 Å². The summed E-state index contributed by atoms with van der Waals surface area (Å²) in [6.07, 6.45) is -3.53. The lowest BCUT2D eigenvalue weighted by atomic mass is 10.1. The van der Waals surface area contributed by atoms with E-state index in [4.69, 9.17) is 0 Å². The number of amides is 1. The van der Waals surface area contributed by atoms with Gasteiger partial charge in [-0.1, -0.05) is 12.1 Å². The van der Waals surface area contributed by atoms with Gasteiger partial charge >= 0.3 is 12.1 Å². The van der Waals surface area contributed by atoms with Crippen molar-refractivity contribution in [2.75, 3.05) is 12.4 Å². The largest absolute Gasteiger partial charge is 0.465 e. The van der Waals surface area contributed by atoms with Crippen molar-refractivity contribution in [3.63, 3.8) is 0 Å². The molecule has 1 aromatic heterocycles. The molecule has 2 aromatic carbocycles. The van der Waals surface area contributed by atoms with Gasteiger partial charge in [-0.3, -0.25) is 9.59 Å². The quantitative estimate of drug-likeness (QED) is 0.669. The molecule has 0 aliphatic heterocycles. The number of rotatable bonds is 3. The highest BCUT2D eigenvalue weighted by atomic mass is 19.4. The number of alkyl halides is 3. The van der Waals surface area contributed by atoms with Crippen molar-refractivity contribution >= 4 is 28.5 Å². The molecule has 3 aromatic rings. The zero-order valence-electron chi connectivity index (χ0n) is 14.4. The number of H-pyrrole nitrogens is 1. The average molecular weight is 390 g/mol. The molecule has 144 valence electrons. The molecule has 0 spiro atoms. The number of benzene rings is 2. The van der Waals surface area contributed by atoms with E-state index >= 15 is 0 Å². The number of fused-ring (bicyclic) bond motifs is 1. The highest BCUT2D eigenvalue weighted by Gasteiger charge is 2.30. The van der Waals surface area contributed by atoms with E-state index in [2.05, 4.69) is 15.0 Å². The van der Waals surface area contributed by atoms with E-state index in [9.17, 15) is 27.6 Å². The second-order valence-corrected chi connectivity index (χ2v) is 5.78. The molecular formula is C19H13F3N2O4. The van der Waals surface area contributed by atoms with E-state index in [1.165, 1.54) is 19.2 Å². The van der Waals surface area contributed by atoms with Gasteiger partial charge in [-0.2, -0.15) is 13.2 Å². The normalized spacial score (nSPS) is 11.3. The van der Waals surface area contributed by atoms with Crippen molar-refractivity contribution in [3.05, 3.63) is 75.6 Å². The molecule has 0 saturated heterocycles. The van der Waals surface area contributed by atoms with Crippen molar-refractivity contribution in [2.45, 2.75) is 6.18 Å². The molecule has 28 heavy (non-hydrogen) atoms. The molecule has 2 N–H and O–H groups in total. The van der Waals surface area contributed by atoms with Crippen LogP contribution in [-0.4, -0.2) is 24.0 Å². The van der Waals surface area contributed by atoms with E-state index in [1.54, 1.807) is 12.1 Å². The Kier molecular flexibility index (Phi) is 4.91. The number of aromatic amines is 1. The van der Waals surface area contributed by atoms with Crippen LogP contribution in [0.15, 0.2) is 53.5 Å². The van der Waals surface area contributed by atoms with E-state index in [-0.39, 0.29) is 27.7 Å². The molecular weight excluding hydrogens is 377 g/mol. The summed E-state index contributed by atoms with van der Waals surface area (Å²) >= 11 is 0. The lowest BCUT2D eigenvalue weighted by Gasteiger charge is -2.10. The van der Waals surface area contributed by atoms with Crippen molar-refractivity contribution < 1.29 is 27.5 Å². The third-order valence-corrected chi connectivity index (χ3v) is 4.03. The van der Waals surface area contributed by atoms with Gasteiger partial charge in [0.15, 0.2) is 0 Å². The third kappa shape index (κ3) is 3.59. The number of hydrogen-bond acceptors (Lipinski definition) is 4. The lowest BCUT2D eigenvalue weighted by molar-refractivity contribution is -0.137. The minimum absolute atomic E-state index is 0.0497. The summed E-state index contributed by atoms with van der Waals surface area (Å²) in [7, 11) is 1.18. The maximum absolute atomic E-state index is 12.8. The summed E-state index contributed by atoms with van der Waals surface area (Å²) in [5, 5.41) is 2.38. The van der Waals surface area contributed by atoms with E-state index in [0.717, 1.165) is 24.4 Å². The number of anilines is 1. The van der Waals surface area contributed by atoms with Crippen LogP contribution in [0.4, 0.5) is 18.9 Å². The van der Waals surface area contributed by atoms with Crippen LogP contribution in [0.1, 0.15) is 26.3 Å². The summed E-state index contributed by atoms with van der Waals surface area (Å²) in [4.78, 5) is 39.4. The average Bonchev–Trinajstić information content (AvgIpc) is 2.67. The monoisotopic (exact) mass is 390 g/mol. The van der Waals surface area contributed by atoms with Gasteiger partial charge in [-0.25, -0.2) is 4.79 Å². The summed E-state index contributed by atoms with van der Waals surface area (Å²) in [5.41, 5.74) is -1.80. The number of carbonyl (C=O) groups excluding carboxylic acids is 2. The minimum Gasteiger partial charge on any atom is -0.465 e. The van der Waals surface area contributed by atoms with Gasteiger partial charge in [0.2, 0.25) is 5.43 Å². The number of methoxy groups -OCH3 is 1. The number of nitrogens with one attached hydrogen (secondary N) is 2. The van der Waals surface area contributed by atoms with Crippen molar-refractivity contribution in [3.8, 4) is 0 Å². The van der Waals surface area contributed by atoms with Crippen LogP contribution in [-0.2, 0) is 10.9 Å². The smallest absolute Gasteiger partial charge is 0.416 e. The first-order valence-electron chi connectivity index (χ1n) is 7.93. The number of carbonyl (C=O) groups is 2.